The lowest BCUT2D eigenvalue weighted by Gasteiger charge is -2.30. The first-order valence-electron chi connectivity index (χ1n) is 4.94. The minimum Gasteiger partial charge on any atom is -0.495 e. The van der Waals surface area contributed by atoms with E-state index < -0.39 is 0 Å². The molecule has 2 rings (SSSR count). The first kappa shape index (κ1) is 11.2. The highest BCUT2D eigenvalue weighted by Gasteiger charge is 2.28. The average molecular weight is 241 g/mol. The molecule has 2 N–H and O–H groups in total. The summed E-state index contributed by atoms with van der Waals surface area (Å²) in [5.41, 5.74) is 7.58. The van der Waals surface area contributed by atoms with Crippen LogP contribution in [0.2, 0.25) is 5.02 Å². The van der Waals surface area contributed by atoms with Gasteiger partial charge < -0.3 is 15.4 Å². The molecule has 0 saturated heterocycles. The number of hydrogen-bond donors (Lipinski definition) is 1. The van der Waals surface area contributed by atoms with Gasteiger partial charge in [0, 0.05) is 25.2 Å². The normalized spacial score (nSPS) is 19.6. The molecule has 4 nitrogen and oxygen atoms in total. The second kappa shape index (κ2) is 3.96. The smallest absolute Gasteiger partial charge is 0.228 e. The molecule has 0 aromatic heterocycles. The van der Waals surface area contributed by atoms with Gasteiger partial charge in [-0.2, -0.15) is 0 Å². The van der Waals surface area contributed by atoms with Gasteiger partial charge in [0.15, 0.2) is 0 Å². The van der Waals surface area contributed by atoms with E-state index in [0.717, 1.165) is 11.3 Å². The molecule has 0 bridgehead atoms. The number of rotatable bonds is 1. The summed E-state index contributed by atoms with van der Waals surface area (Å²) in [5.74, 6) is 0.583. The van der Waals surface area contributed by atoms with E-state index in [9.17, 15) is 4.79 Å². The molecule has 1 aliphatic heterocycles. The van der Waals surface area contributed by atoms with Crippen molar-refractivity contribution >= 4 is 23.2 Å². The van der Waals surface area contributed by atoms with Gasteiger partial charge in [0.1, 0.15) is 5.75 Å². The highest BCUT2D eigenvalue weighted by molar-refractivity contribution is 6.32. The summed E-state index contributed by atoms with van der Waals surface area (Å²) in [6.45, 7) is 0. The summed E-state index contributed by atoms with van der Waals surface area (Å²) in [6.07, 6.45) is 0.314. The van der Waals surface area contributed by atoms with Gasteiger partial charge in [-0.25, -0.2) is 0 Å². The molecule has 1 aromatic carbocycles. The number of methoxy groups -OCH3 is 1. The van der Waals surface area contributed by atoms with Crippen LogP contribution >= 0.6 is 11.6 Å². The zero-order chi connectivity index (χ0) is 11.9. The molecule has 1 aromatic rings. The van der Waals surface area contributed by atoms with Crippen molar-refractivity contribution in [1.82, 2.24) is 0 Å². The standard InChI is InChI=1S/C11H13ClN2O2/c1-14-9-4-7(12)10(16-2)3-6(9)8(13)5-11(14)15/h3-4,8H,5,13H2,1-2H3. The molecule has 0 radical (unpaired) electrons. The van der Waals surface area contributed by atoms with Gasteiger partial charge in [0.2, 0.25) is 5.91 Å². The number of nitrogens with zero attached hydrogens (tertiary/aromatic N) is 1. The molecule has 1 atom stereocenters. The molecule has 0 saturated carbocycles. The van der Waals surface area contributed by atoms with E-state index in [-0.39, 0.29) is 11.9 Å². The van der Waals surface area contributed by atoms with E-state index in [1.807, 2.05) is 0 Å². The Hall–Kier alpha value is -1.26. The minimum atomic E-state index is -0.287. The number of carbonyl (C=O) groups excluding carboxylic acids is 1. The monoisotopic (exact) mass is 240 g/mol. The second-order valence-corrected chi connectivity index (χ2v) is 4.22. The highest BCUT2D eigenvalue weighted by atomic mass is 35.5. The third-order valence-electron chi connectivity index (χ3n) is 2.83. The lowest BCUT2D eigenvalue weighted by atomic mass is 9.97. The van der Waals surface area contributed by atoms with Crippen molar-refractivity contribution < 1.29 is 9.53 Å². The van der Waals surface area contributed by atoms with Crippen molar-refractivity contribution in [2.45, 2.75) is 12.5 Å². The third kappa shape index (κ3) is 1.64. The van der Waals surface area contributed by atoms with Crippen LogP contribution in [0.15, 0.2) is 12.1 Å². The Bertz CT molecular complexity index is 448. The summed E-state index contributed by atoms with van der Waals surface area (Å²) in [5, 5.41) is 0.481. The van der Waals surface area contributed by atoms with Crippen LogP contribution in [0.1, 0.15) is 18.0 Å². The van der Waals surface area contributed by atoms with Crippen LogP contribution in [-0.2, 0) is 4.79 Å². The van der Waals surface area contributed by atoms with Crippen molar-refractivity contribution in [1.29, 1.82) is 0 Å². The van der Waals surface area contributed by atoms with Crippen molar-refractivity contribution in [2.75, 3.05) is 19.1 Å². The Morgan fingerprint density at radius 1 is 1.56 bits per heavy atom. The number of carbonyl (C=O) groups is 1. The van der Waals surface area contributed by atoms with E-state index in [0.29, 0.717) is 17.2 Å². The Kier molecular flexibility index (Phi) is 2.78. The lowest BCUT2D eigenvalue weighted by Crippen LogP contribution is -2.35. The van der Waals surface area contributed by atoms with Crippen LogP contribution in [0.5, 0.6) is 5.75 Å². The molecular formula is C11H13ClN2O2. The second-order valence-electron chi connectivity index (χ2n) is 3.81. The van der Waals surface area contributed by atoms with Crippen LogP contribution in [0.25, 0.3) is 0 Å². The fraction of sp³-hybridized carbons (Fsp3) is 0.364. The van der Waals surface area contributed by atoms with Crippen LogP contribution in [0.4, 0.5) is 5.69 Å². The number of amides is 1. The van der Waals surface area contributed by atoms with Gasteiger partial charge in [-0.3, -0.25) is 4.79 Å². The van der Waals surface area contributed by atoms with E-state index in [1.165, 1.54) is 0 Å². The Morgan fingerprint density at radius 3 is 2.88 bits per heavy atom. The Balaban J connectivity index is 2.58. The zero-order valence-corrected chi connectivity index (χ0v) is 9.91. The molecule has 1 heterocycles. The number of halogens is 1. The maximum atomic E-state index is 11.6. The minimum absolute atomic E-state index is 0.00114. The molecule has 1 aliphatic rings. The first-order chi connectivity index (χ1) is 7.54. The summed E-state index contributed by atoms with van der Waals surface area (Å²) in [6, 6.07) is 3.22. The van der Waals surface area contributed by atoms with Crippen LogP contribution in [0.3, 0.4) is 0 Å². The number of anilines is 1. The predicted octanol–water partition coefficient (Wildman–Crippen LogP) is 1.71. The molecule has 1 amide bonds. The molecule has 5 heteroatoms. The van der Waals surface area contributed by atoms with E-state index in [1.54, 1.807) is 31.2 Å². The number of hydrogen-bond acceptors (Lipinski definition) is 3. The Morgan fingerprint density at radius 2 is 2.25 bits per heavy atom. The molecule has 86 valence electrons. The average Bonchev–Trinajstić information content (AvgIpc) is 2.25. The van der Waals surface area contributed by atoms with Gasteiger partial charge >= 0.3 is 0 Å². The number of benzene rings is 1. The van der Waals surface area contributed by atoms with E-state index >= 15 is 0 Å². The molecule has 1 unspecified atom stereocenters. The molecule has 0 fully saturated rings. The number of nitrogens with two attached hydrogens (primary N) is 1. The topological polar surface area (TPSA) is 55.6 Å². The van der Waals surface area contributed by atoms with Crippen LogP contribution in [-0.4, -0.2) is 20.1 Å². The summed E-state index contributed by atoms with van der Waals surface area (Å²) < 4.78 is 5.13. The highest BCUT2D eigenvalue weighted by Crippen LogP contribution is 2.39. The van der Waals surface area contributed by atoms with Gasteiger partial charge in [0.25, 0.3) is 0 Å². The van der Waals surface area contributed by atoms with Crippen LogP contribution < -0.4 is 15.4 Å². The maximum absolute atomic E-state index is 11.6. The first-order valence-corrected chi connectivity index (χ1v) is 5.32. The predicted molar refractivity (Wildman–Crippen MR) is 63.0 cm³/mol. The van der Waals surface area contributed by atoms with Gasteiger partial charge in [-0.15, -0.1) is 0 Å². The number of fused-ring (bicyclic) bond motifs is 1. The van der Waals surface area contributed by atoms with E-state index in [2.05, 4.69) is 0 Å². The summed E-state index contributed by atoms with van der Waals surface area (Å²) >= 11 is 6.02. The quantitative estimate of drug-likeness (QED) is 0.813. The van der Waals surface area contributed by atoms with Gasteiger partial charge in [0.05, 0.1) is 12.1 Å². The molecule has 16 heavy (non-hydrogen) atoms. The number of ether oxygens (including phenoxy) is 1. The zero-order valence-electron chi connectivity index (χ0n) is 9.16. The van der Waals surface area contributed by atoms with Crippen LogP contribution in [0, 0.1) is 0 Å². The van der Waals surface area contributed by atoms with Crippen molar-refractivity contribution in [3.05, 3.63) is 22.7 Å². The van der Waals surface area contributed by atoms with Crippen molar-refractivity contribution in [3.8, 4) is 5.75 Å². The van der Waals surface area contributed by atoms with Gasteiger partial charge in [-0.05, 0) is 17.7 Å². The molecule has 0 aliphatic carbocycles. The Labute approximate surface area is 98.9 Å². The maximum Gasteiger partial charge on any atom is 0.228 e. The fourth-order valence-electron chi connectivity index (χ4n) is 1.87. The summed E-state index contributed by atoms with van der Waals surface area (Å²) in [4.78, 5) is 13.2. The molecule has 0 spiro atoms. The third-order valence-corrected chi connectivity index (χ3v) is 3.13. The van der Waals surface area contributed by atoms with E-state index in [4.69, 9.17) is 22.1 Å². The molecular weight excluding hydrogens is 228 g/mol. The largest absolute Gasteiger partial charge is 0.495 e. The van der Waals surface area contributed by atoms with Crippen molar-refractivity contribution in [3.63, 3.8) is 0 Å². The fourth-order valence-corrected chi connectivity index (χ4v) is 2.11. The lowest BCUT2D eigenvalue weighted by molar-refractivity contribution is -0.119. The van der Waals surface area contributed by atoms with Gasteiger partial charge in [-0.1, -0.05) is 11.6 Å². The van der Waals surface area contributed by atoms with Crippen molar-refractivity contribution in [2.24, 2.45) is 5.73 Å². The SMILES string of the molecule is COc1cc2c(cc1Cl)N(C)C(=O)CC2N. The summed E-state index contributed by atoms with van der Waals surface area (Å²) in [7, 11) is 3.27.